The molecule has 0 saturated heterocycles. The van der Waals surface area contributed by atoms with E-state index in [9.17, 15) is 0 Å². The van der Waals surface area contributed by atoms with Crippen molar-refractivity contribution in [2.75, 3.05) is 6.61 Å². The van der Waals surface area contributed by atoms with Gasteiger partial charge in [0.25, 0.3) is 0 Å². The Morgan fingerprint density at radius 3 is 2.73 bits per heavy atom. The first-order valence-corrected chi connectivity index (χ1v) is 5.79. The molecule has 84 valence electrons. The molecule has 4 heteroatoms. The van der Waals surface area contributed by atoms with Crippen LogP contribution in [-0.2, 0) is 6.42 Å². The molecule has 0 spiro atoms. The zero-order valence-corrected chi connectivity index (χ0v) is 10.0. The summed E-state index contributed by atoms with van der Waals surface area (Å²) >= 11 is 5.99. The number of rotatable bonds is 6. The van der Waals surface area contributed by atoms with Crippen molar-refractivity contribution in [3.8, 4) is 5.88 Å². The quantitative estimate of drug-likeness (QED) is 0.554. The zero-order chi connectivity index (χ0) is 11.1. The van der Waals surface area contributed by atoms with Gasteiger partial charge in [0.1, 0.15) is 11.5 Å². The number of hydrogen-bond donors (Lipinski definition) is 0. The summed E-state index contributed by atoms with van der Waals surface area (Å²) in [5.41, 5.74) is 0.928. The standard InChI is InChI=1S/C11H17ClN2O/c1-3-5-7-15-11-9(6-4-2)10(12)13-8-14-11/h8H,3-7H2,1-2H3. The molecule has 0 N–H and O–H groups in total. The van der Waals surface area contributed by atoms with Crippen molar-refractivity contribution >= 4 is 11.6 Å². The maximum atomic E-state index is 5.99. The van der Waals surface area contributed by atoms with Gasteiger partial charge in [-0.2, -0.15) is 0 Å². The highest BCUT2D eigenvalue weighted by molar-refractivity contribution is 6.30. The summed E-state index contributed by atoms with van der Waals surface area (Å²) in [5, 5.41) is 0.512. The molecule has 1 aromatic heterocycles. The van der Waals surface area contributed by atoms with E-state index in [4.69, 9.17) is 16.3 Å². The summed E-state index contributed by atoms with van der Waals surface area (Å²) in [6.07, 6.45) is 5.47. The minimum Gasteiger partial charge on any atom is -0.477 e. The van der Waals surface area contributed by atoms with Crippen LogP contribution < -0.4 is 4.74 Å². The first-order chi connectivity index (χ1) is 7.29. The fraction of sp³-hybridized carbons (Fsp3) is 0.636. The lowest BCUT2D eigenvalue weighted by Crippen LogP contribution is -2.03. The predicted molar refractivity (Wildman–Crippen MR) is 61.4 cm³/mol. The van der Waals surface area contributed by atoms with Crippen molar-refractivity contribution in [3.63, 3.8) is 0 Å². The molecule has 1 rings (SSSR count). The first kappa shape index (κ1) is 12.2. The number of halogens is 1. The van der Waals surface area contributed by atoms with Crippen molar-refractivity contribution in [3.05, 3.63) is 17.0 Å². The summed E-state index contributed by atoms with van der Waals surface area (Å²) in [6, 6.07) is 0. The Morgan fingerprint density at radius 1 is 1.27 bits per heavy atom. The molecular formula is C11H17ClN2O. The van der Waals surface area contributed by atoms with Gasteiger partial charge in [0.15, 0.2) is 0 Å². The Balaban J connectivity index is 2.71. The average molecular weight is 229 g/mol. The lowest BCUT2D eigenvalue weighted by Gasteiger charge is -2.09. The normalized spacial score (nSPS) is 10.3. The molecule has 0 aliphatic rings. The number of hydrogen-bond acceptors (Lipinski definition) is 3. The second kappa shape index (κ2) is 6.62. The molecule has 0 aliphatic heterocycles. The molecule has 0 radical (unpaired) electrons. The van der Waals surface area contributed by atoms with E-state index in [1.807, 2.05) is 0 Å². The molecule has 0 amide bonds. The van der Waals surface area contributed by atoms with Crippen LogP contribution in [0.3, 0.4) is 0 Å². The second-order valence-corrected chi connectivity index (χ2v) is 3.76. The van der Waals surface area contributed by atoms with Crippen molar-refractivity contribution in [1.82, 2.24) is 9.97 Å². The fourth-order valence-electron chi connectivity index (χ4n) is 1.27. The van der Waals surface area contributed by atoms with Crippen molar-refractivity contribution in [2.24, 2.45) is 0 Å². The van der Waals surface area contributed by atoms with Crippen molar-refractivity contribution in [1.29, 1.82) is 0 Å². The van der Waals surface area contributed by atoms with Gasteiger partial charge in [-0.25, -0.2) is 9.97 Å². The van der Waals surface area contributed by atoms with E-state index in [2.05, 4.69) is 23.8 Å². The SMILES string of the molecule is CCCCOc1ncnc(Cl)c1CCC. The number of unbranched alkanes of at least 4 members (excludes halogenated alkanes) is 1. The number of nitrogens with zero attached hydrogens (tertiary/aromatic N) is 2. The Labute approximate surface area is 95.8 Å². The molecule has 0 fully saturated rings. The Bertz CT molecular complexity index is 305. The topological polar surface area (TPSA) is 35.0 Å². The largest absolute Gasteiger partial charge is 0.477 e. The van der Waals surface area contributed by atoms with E-state index in [0.717, 1.165) is 31.2 Å². The molecule has 0 unspecified atom stereocenters. The lowest BCUT2D eigenvalue weighted by atomic mass is 10.2. The molecule has 1 heterocycles. The summed E-state index contributed by atoms with van der Waals surface area (Å²) in [7, 11) is 0. The van der Waals surface area contributed by atoms with Gasteiger partial charge in [0, 0.05) is 0 Å². The molecule has 1 aromatic rings. The van der Waals surface area contributed by atoms with Crippen LogP contribution in [0, 0.1) is 0 Å². The summed E-state index contributed by atoms with van der Waals surface area (Å²) < 4.78 is 5.58. The summed E-state index contributed by atoms with van der Waals surface area (Å²) in [6.45, 7) is 4.92. The molecule has 15 heavy (non-hydrogen) atoms. The Morgan fingerprint density at radius 2 is 2.07 bits per heavy atom. The van der Waals surface area contributed by atoms with E-state index < -0.39 is 0 Å². The van der Waals surface area contributed by atoms with Crippen LogP contribution in [0.15, 0.2) is 6.33 Å². The van der Waals surface area contributed by atoms with Crippen LogP contribution in [0.5, 0.6) is 5.88 Å². The minimum absolute atomic E-state index is 0.512. The third-order valence-corrected chi connectivity index (χ3v) is 2.42. The highest BCUT2D eigenvalue weighted by atomic mass is 35.5. The summed E-state index contributed by atoms with van der Waals surface area (Å²) in [4.78, 5) is 8.07. The third-order valence-electron chi connectivity index (χ3n) is 2.09. The van der Waals surface area contributed by atoms with Gasteiger partial charge in [0.2, 0.25) is 5.88 Å². The van der Waals surface area contributed by atoms with E-state index >= 15 is 0 Å². The van der Waals surface area contributed by atoms with Gasteiger partial charge in [-0.1, -0.05) is 38.3 Å². The van der Waals surface area contributed by atoms with Crippen LogP contribution in [-0.4, -0.2) is 16.6 Å². The Hall–Kier alpha value is -0.830. The molecule has 3 nitrogen and oxygen atoms in total. The monoisotopic (exact) mass is 228 g/mol. The van der Waals surface area contributed by atoms with Crippen LogP contribution in [0.4, 0.5) is 0 Å². The zero-order valence-electron chi connectivity index (χ0n) is 9.29. The van der Waals surface area contributed by atoms with Gasteiger partial charge in [0.05, 0.1) is 12.2 Å². The molecule has 0 aliphatic carbocycles. The van der Waals surface area contributed by atoms with Gasteiger partial charge < -0.3 is 4.74 Å². The fourth-order valence-corrected chi connectivity index (χ4v) is 1.49. The highest BCUT2D eigenvalue weighted by Gasteiger charge is 2.09. The lowest BCUT2D eigenvalue weighted by molar-refractivity contribution is 0.293. The van der Waals surface area contributed by atoms with Crippen molar-refractivity contribution in [2.45, 2.75) is 39.5 Å². The van der Waals surface area contributed by atoms with Crippen LogP contribution in [0.1, 0.15) is 38.7 Å². The predicted octanol–water partition coefficient (Wildman–Crippen LogP) is 3.26. The average Bonchev–Trinajstić information content (AvgIpc) is 2.23. The van der Waals surface area contributed by atoms with Crippen LogP contribution >= 0.6 is 11.6 Å². The second-order valence-electron chi connectivity index (χ2n) is 3.40. The maximum absolute atomic E-state index is 5.99. The highest BCUT2D eigenvalue weighted by Crippen LogP contribution is 2.23. The van der Waals surface area contributed by atoms with Gasteiger partial charge in [-0.15, -0.1) is 0 Å². The van der Waals surface area contributed by atoms with E-state index in [1.165, 1.54) is 6.33 Å². The Kier molecular flexibility index (Phi) is 5.40. The molecular weight excluding hydrogens is 212 g/mol. The van der Waals surface area contributed by atoms with Gasteiger partial charge in [-0.3, -0.25) is 0 Å². The van der Waals surface area contributed by atoms with Crippen molar-refractivity contribution < 1.29 is 4.74 Å². The number of ether oxygens (including phenoxy) is 1. The van der Waals surface area contributed by atoms with Crippen LogP contribution in [0.2, 0.25) is 5.15 Å². The van der Waals surface area contributed by atoms with E-state index in [-0.39, 0.29) is 0 Å². The molecule has 0 bridgehead atoms. The van der Waals surface area contributed by atoms with E-state index in [1.54, 1.807) is 0 Å². The molecule has 0 atom stereocenters. The smallest absolute Gasteiger partial charge is 0.221 e. The maximum Gasteiger partial charge on any atom is 0.221 e. The third kappa shape index (κ3) is 3.67. The van der Waals surface area contributed by atoms with E-state index in [0.29, 0.717) is 17.6 Å². The van der Waals surface area contributed by atoms with Gasteiger partial charge in [-0.05, 0) is 12.8 Å². The summed E-state index contributed by atoms with van der Waals surface area (Å²) in [5.74, 6) is 0.644. The molecule has 0 saturated carbocycles. The minimum atomic E-state index is 0.512. The number of aromatic nitrogens is 2. The molecule has 0 aromatic carbocycles. The van der Waals surface area contributed by atoms with Crippen LogP contribution in [0.25, 0.3) is 0 Å². The first-order valence-electron chi connectivity index (χ1n) is 5.41. The van der Waals surface area contributed by atoms with Gasteiger partial charge >= 0.3 is 0 Å².